The molecule has 202 valence electrons. The van der Waals surface area contributed by atoms with Gasteiger partial charge in [-0.1, -0.05) is 56.3 Å². The maximum Gasteiger partial charge on any atom is 0.319 e. The van der Waals surface area contributed by atoms with Crippen LogP contribution < -0.4 is 10.6 Å². The molecule has 8 heteroatoms. The van der Waals surface area contributed by atoms with Gasteiger partial charge in [-0.25, -0.2) is 14.2 Å². The smallest absolute Gasteiger partial charge is 0.319 e. The number of hydrogen-bond acceptors (Lipinski definition) is 4. The van der Waals surface area contributed by atoms with Gasteiger partial charge in [0.15, 0.2) is 5.82 Å². The van der Waals surface area contributed by atoms with Crippen molar-refractivity contribution in [2.24, 2.45) is 0 Å². The highest BCUT2D eigenvalue weighted by Crippen LogP contribution is 2.41. The minimum atomic E-state index is -0.536. The van der Waals surface area contributed by atoms with Gasteiger partial charge in [0, 0.05) is 23.2 Å². The summed E-state index contributed by atoms with van der Waals surface area (Å²) in [6.45, 7) is 7.84. The van der Waals surface area contributed by atoms with E-state index in [1.807, 2.05) is 75.4 Å². The van der Waals surface area contributed by atoms with E-state index in [0.29, 0.717) is 28.2 Å². The molecule has 2 amide bonds. The Kier molecular flexibility index (Phi) is 7.74. The fraction of sp³-hybridized carbons (Fsp3) is 0.323. The molecule has 1 fully saturated rings. The number of nitrogens with one attached hydrogen (secondary N) is 3. The van der Waals surface area contributed by atoms with Crippen LogP contribution in [0.4, 0.5) is 14.9 Å². The predicted molar refractivity (Wildman–Crippen MR) is 154 cm³/mol. The molecule has 0 spiro atoms. The number of H-pyrrole nitrogens is 1. The highest BCUT2D eigenvalue weighted by atomic mass is 19.1. The summed E-state index contributed by atoms with van der Waals surface area (Å²) >= 11 is 0. The van der Waals surface area contributed by atoms with Gasteiger partial charge >= 0.3 is 6.03 Å². The number of aryl methyl sites for hydroxylation is 1. The Morgan fingerprint density at radius 2 is 1.77 bits per heavy atom. The van der Waals surface area contributed by atoms with Crippen molar-refractivity contribution in [2.45, 2.75) is 45.6 Å². The third kappa shape index (κ3) is 5.86. The number of likely N-dealkylation sites (tertiary alicyclic amines) is 1. The summed E-state index contributed by atoms with van der Waals surface area (Å²) in [6.07, 6.45) is 1.73. The molecule has 1 aliphatic rings. The molecule has 0 radical (unpaired) electrons. The number of nitrogens with zero attached hydrogens (tertiary/aromatic N) is 3. The summed E-state index contributed by atoms with van der Waals surface area (Å²) in [4.78, 5) is 28.1. The van der Waals surface area contributed by atoms with Crippen LogP contribution in [-0.4, -0.2) is 52.1 Å². The Morgan fingerprint density at radius 3 is 2.46 bits per heavy atom. The standard InChI is InChI=1S/C31H35FN6O/c1-19(2)30-36-28(25-12-8-9-20(3)33-25)29(37-30)26-23(21-10-6-5-7-11-21)13-14-24(27(26)32)35-31(39)34-22-15-17-38(4)18-16-22/h5-14,19,22H,15-18H2,1-4H3,(H,36,37)(H2,34,35,39). The first-order chi connectivity index (χ1) is 18.8. The second-order valence-electron chi connectivity index (χ2n) is 10.6. The molecule has 2 aromatic heterocycles. The molecular weight excluding hydrogens is 491 g/mol. The van der Waals surface area contributed by atoms with E-state index in [2.05, 4.69) is 27.6 Å². The van der Waals surface area contributed by atoms with Crippen LogP contribution in [0.15, 0.2) is 60.7 Å². The summed E-state index contributed by atoms with van der Waals surface area (Å²) in [6, 6.07) is 18.5. The van der Waals surface area contributed by atoms with E-state index in [9.17, 15) is 4.79 Å². The van der Waals surface area contributed by atoms with E-state index < -0.39 is 11.8 Å². The number of carbonyl (C=O) groups excluding carboxylic acids is 1. The first-order valence-corrected chi connectivity index (χ1v) is 13.5. The minimum absolute atomic E-state index is 0.0614. The van der Waals surface area contributed by atoms with Crippen LogP contribution >= 0.6 is 0 Å². The Hall–Kier alpha value is -4.04. The first-order valence-electron chi connectivity index (χ1n) is 13.5. The topological polar surface area (TPSA) is 85.9 Å². The van der Waals surface area contributed by atoms with Gasteiger partial charge in [0.1, 0.15) is 11.5 Å². The average Bonchev–Trinajstić information content (AvgIpc) is 3.37. The fourth-order valence-electron chi connectivity index (χ4n) is 4.97. The maximum absolute atomic E-state index is 16.6. The van der Waals surface area contributed by atoms with E-state index in [1.165, 1.54) is 0 Å². The van der Waals surface area contributed by atoms with Crippen molar-refractivity contribution < 1.29 is 9.18 Å². The molecule has 3 N–H and O–H groups in total. The Morgan fingerprint density at radius 1 is 1.03 bits per heavy atom. The van der Waals surface area contributed by atoms with Gasteiger partial charge in [0.2, 0.25) is 0 Å². The number of urea groups is 1. The lowest BCUT2D eigenvalue weighted by Crippen LogP contribution is -2.44. The zero-order valence-electron chi connectivity index (χ0n) is 22.9. The number of rotatable bonds is 6. The quantitative estimate of drug-likeness (QED) is 0.264. The second kappa shape index (κ2) is 11.4. The monoisotopic (exact) mass is 526 g/mol. The van der Waals surface area contributed by atoms with Crippen molar-refractivity contribution >= 4 is 11.7 Å². The van der Waals surface area contributed by atoms with Crippen molar-refractivity contribution in [3.8, 4) is 33.8 Å². The molecule has 1 saturated heterocycles. The van der Waals surface area contributed by atoms with Gasteiger partial charge in [-0.05, 0) is 69.2 Å². The molecule has 2 aromatic carbocycles. The molecule has 5 rings (SSSR count). The number of amides is 2. The molecular formula is C31H35FN6O. The van der Waals surface area contributed by atoms with Crippen LogP contribution in [-0.2, 0) is 0 Å². The largest absolute Gasteiger partial charge is 0.340 e. The van der Waals surface area contributed by atoms with Gasteiger partial charge in [-0.3, -0.25) is 4.98 Å². The van der Waals surface area contributed by atoms with Gasteiger partial charge in [-0.2, -0.15) is 0 Å². The number of hydrogen-bond donors (Lipinski definition) is 3. The lowest BCUT2D eigenvalue weighted by atomic mass is 9.94. The molecule has 0 bridgehead atoms. The molecule has 1 aliphatic heterocycles. The van der Waals surface area contributed by atoms with Crippen LogP contribution in [0, 0.1) is 12.7 Å². The summed E-state index contributed by atoms with van der Waals surface area (Å²) in [5.41, 5.74) is 4.60. The summed E-state index contributed by atoms with van der Waals surface area (Å²) in [5.74, 6) is 0.290. The summed E-state index contributed by atoms with van der Waals surface area (Å²) in [5, 5.41) is 5.77. The third-order valence-electron chi connectivity index (χ3n) is 7.18. The van der Waals surface area contributed by atoms with Gasteiger partial charge in [0.25, 0.3) is 0 Å². The van der Waals surface area contributed by atoms with Crippen LogP contribution in [0.25, 0.3) is 33.8 Å². The highest BCUT2D eigenvalue weighted by Gasteiger charge is 2.26. The maximum atomic E-state index is 16.6. The number of piperidine rings is 1. The number of carbonyl (C=O) groups is 1. The molecule has 3 heterocycles. The molecule has 4 aromatic rings. The number of benzene rings is 2. The molecule has 0 unspecified atom stereocenters. The van der Waals surface area contributed by atoms with Crippen LogP contribution in [0.5, 0.6) is 0 Å². The molecule has 0 aliphatic carbocycles. The number of imidazole rings is 1. The molecule has 39 heavy (non-hydrogen) atoms. The molecule has 7 nitrogen and oxygen atoms in total. The molecule has 0 atom stereocenters. The average molecular weight is 527 g/mol. The lowest BCUT2D eigenvalue weighted by Gasteiger charge is -2.29. The minimum Gasteiger partial charge on any atom is -0.340 e. The SMILES string of the molecule is Cc1cccc(-c2[nH]c(C(C)C)nc2-c2c(-c3ccccc3)ccc(NC(=O)NC3CCN(C)CC3)c2F)n1. The molecule has 0 saturated carbocycles. The van der Waals surface area contributed by atoms with E-state index >= 15 is 4.39 Å². The van der Waals surface area contributed by atoms with E-state index in [4.69, 9.17) is 9.97 Å². The van der Waals surface area contributed by atoms with Crippen molar-refractivity contribution in [3.05, 3.63) is 78.0 Å². The van der Waals surface area contributed by atoms with Gasteiger partial charge < -0.3 is 20.5 Å². The Labute approximate surface area is 228 Å². The first kappa shape index (κ1) is 26.6. The summed E-state index contributed by atoms with van der Waals surface area (Å²) < 4.78 is 16.6. The van der Waals surface area contributed by atoms with Gasteiger partial charge in [0.05, 0.1) is 17.1 Å². The summed E-state index contributed by atoms with van der Waals surface area (Å²) in [7, 11) is 2.07. The number of aromatic amines is 1. The van der Waals surface area contributed by atoms with Crippen LogP contribution in [0.2, 0.25) is 0 Å². The Balaban J connectivity index is 1.60. The number of aromatic nitrogens is 3. The van der Waals surface area contributed by atoms with Crippen LogP contribution in [0.3, 0.4) is 0 Å². The van der Waals surface area contributed by atoms with Crippen LogP contribution in [0.1, 0.15) is 44.1 Å². The zero-order chi connectivity index (χ0) is 27.5. The number of halogens is 1. The number of pyridine rings is 1. The lowest BCUT2D eigenvalue weighted by molar-refractivity contribution is 0.221. The highest BCUT2D eigenvalue weighted by molar-refractivity contribution is 5.95. The normalized spacial score (nSPS) is 14.5. The van der Waals surface area contributed by atoms with E-state index in [0.717, 1.165) is 43.0 Å². The van der Waals surface area contributed by atoms with Crippen molar-refractivity contribution in [2.75, 3.05) is 25.5 Å². The van der Waals surface area contributed by atoms with Crippen molar-refractivity contribution in [3.63, 3.8) is 0 Å². The van der Waals surface area contributed by atoms with Crippen molar-refractivity contribution in [1.29, 1.82) is 0 Å². The fourth-order valence-corrected chi connectivity index (χ4v) is 4.97. The third-order valence-corrected chi connectivity index (χ3v) is 7.18. The second-order valence-corrected chi connectivity index (χ2v) is 10.6. The van der Waals surface area contributed by atoms with Gasteiger partial charge in [-0.15, -0.1) is 0 Å². The van der Waals surface area contributed by atoms with E-state index in [1.54, 1.807) is 6.07 Å². The Bertz CT molecular complexity index is 1460. The van der Waals surface area contributed by atoms with Crippen molar-refractivity contribution in [1.82, 2.24) is 25.2 Å². The van der Waals surface area contributed by atoms with E-state index in [-0.39, 0.29) is 17.6 Å². The zero-order valence-corrected chi connectivity index (χ0v) is 22.9. The predicted octanol–water partition coefficient (Wildman–Crippen LogP) is 6.59. The number of anilines is 1.